The number of carbonyl (C=O) groups excluding carboxylic acids is 1. The summed E-state index contributed by atoms with van der Waals surface area (Å²) in [5.74, 6) is -0.563. The second-order valence-corrected chi connectivity index (χ2v) is 8.66. The van der Waals surface area contributed by atoms with Crippen LogP contribution in [0.1, 0.15) is 38.5 Å². The zero-order chi connectivity index (χ0) is 20.4. The Hall–Kier alpha value is -1.35. The summed E-state index contributed by atoms with van der Waals surface area (Å²) in [6.07, 6.45) is 2.44. The molecule has 4 rings (SSSR count). The molecular formula is C19H29F3N2O4. The quantitative estimate of drug-likeness (QED) is 0.733. The number of ether oxygens (including phenoxy) is 1. The van der Waals surface area contributed by atoms with Crippen molar-refractivity contribution in [2.24, 2.45) is 23.2 Å². The summed E-state index contributed by atoms with van der Waals surface area (Å²) in [6.45, 7) is 5.90. The number of rotatable bonds is 5. The van der Waals surface area contributed by atoms with Gasteiger partial charge in [0.25, 0.3) is 0 Å². The van der Waals surface area contributed by atoms with E-state index in [2.05, 4.69) is 10.2 Å². The predicted molar refractivity (Wildman–Crippen MR) is 94.6 cm³/mol. The zero-order valence-electron chi connectivity index (χ0n) is 16.0. The molecule has 6 nitrogen and oxygen atoms in total. The number of hydrogen-bond donors (Lipinski definition) is 2. The van der Waals surface area contributed by atoms with Crippen molar-refractivity contribution in [2.75, 3.05) is 39.4 Å². The van der Waals surface area contributed by atoms with E-state index >= 15 is 0 Å². The third kappa shape index (κ3) is 5.83. The highest BCUT2D eigenvalue weighted by Crippen LogP contribution is 2.45. The molecular weight excluding hydrogens is 377 g/mol. The maximum atomic E-state index is 12.7. The highest BCUT2D eigenvalue weighted by atomic mass is 19.4. The van der Waals surface area contributed by atoms with Crippen molar-refractivity contribution < 1.29 is 32.6 Å². The van der Waals surface area contributed by atoms with Crippen molar-refractivity contribution in [3.63, 3.8) is 0 Å². The number of carboxylic acid groups (broad SMARTS) is 1. The second kappa shape index (κ2) is 8.57. The van der Waals surface area contributed by atoms with E-state index in [9.17, 15) is 18.0 Å². The fraction of sp³-hybridized carbons (Fsp3) is 0.895. The van der Waals surface area contributed by atoms with Crippen molar-refractivity contribution in [1.29, 1.82) is 0 Å². The van der Waals surface area contributed by atoms with Crippen LogP contribution in [0.2, 0.25) is 0 Å². The van der Waals surface area contributed by atoms with Gasteiger partial charge >= 0.3 is 12.1 Å². The monoisotopic (exact) mass is 406 g/mol. The number of alkyl halides is 3. The fourth-order valence-electron chi connectivity index (χ4n) is 4.21. The van der Waals surface area contributed by atoms with Crippen LogP contribution in [0.15, 0.2) is 0 Å². The number of nitrogens with zero attached hydrogens (tertiary/aromatic N) is 1. The van der Waals surface area contributed by atoms with Gasteiger partial charge in [-0.2, -0.15) is 13.2 Å². The first-order chi connectivity index (χ1) is 13.2. The molecule has 1 spiro atoms. The summed E-state index contributed by atoms with van der Waals surface area (Å²) >= 11 is 0. The van der Waals surface area contributed by atoms with E-state index in [1.54, 1.807) is 0 Å². The summed E-state index contributed by atoms with van der Waals surface area (Å²) in [4.78, 5) is 24.2. The van der Waals surface area contributed by atoms with Crippen molar-refractivity contribution in [3.05, 3.63) is 0 Å². The molecule has 0 aromatic heterocycles. The Balaban J connectivity index is 0.000000279. The van der Waals surface area contributed by atoms with Crippen molar-refractivity contribution in [3.8, 4) is 0 Å². The molecule has 2 saturated carbocycles. The van der Waals surface area contributed by atoms with Gasteiger partial charge < -0.3 is 20.1 Å². The number of amides is 1. The van der Waals surface area contributed by atoms with E-state index in [0.717, 1.165) is 57.5 Å². The minimum atomic E-state index is -5.08. The Kier molecular flexibility index (Phi) is 6.54. The topological polar surface area (TPSA) is 78.9 Å². The summed E-state index contributed by atoms with van der Waals surface area (Å²) < 4.78 is 37.3. The maximum absolute atomic E-state index is 12.7. The molecule has 28 heavy (non-hydrogen) atoms. The molecule has 1 amide bonds. The summed E-state index contributed by atoms with van der Waals surface area (Å²) in [6, 6.07) is 0. The molecule has 0 aromatic rings. The number of nitrogens with one attached hydrogen (secondary N) is 1. The molecule has 4 fully saturated rings. The normalized spacial score (nSPS) is 27.2. The molecule has 2 aliphatic heterocycles. The lowest BCUT2D eigenvalue weighted by Gasteiger charge is -2.37. The van der Waals surface area contributed by atoms with E-state index in [0.29, 0.717) is 5.91 Å². The van der Waals surface area contributed by atoms with E-state index in [4.69, 9.17) is 14.6 Å². The predicted octanol–water partition coefficient (Wildman–Crippen LogP) is 2.28. The summed E-state index contributed by atoms with van der Waals surface area (Å²) in [5.41, 5.74) is 0.195. The van der Waals surface area contributed by atoms with E-state index in [1.165, 1.54) is 32.2 Å². The van der Waals surface area contributed by atoms with E-state index < -0.39 is 12.1 Å². The molecule has 2 N–H and O–H groups in total. The number of carbonyl (C=O) groups is 2. The van der Waals surface area contributed by atoms with Gasteiger partial charge in [-0.3, -0.25) is 4.79 Å². The Bertz CT molecular complexity index is 570. The Labute approximate surface area is 162 Å². The number of aliphatic carboxylic acids is 1. The molecule has 1 unspecified atom stereocenters. The number of halogens is 3. The second-order valence-electron chi connectivity index (χ2n) is 8.66. The third-order valence-electron chi connectivity index (χ3n) is 6.24. The van der Waals surface area contributed by atoms with E-state index in [-0.39, 0.29) is 11.3 Å². The molecule has 0 bridgehead atoms. The SMILES string of the molecule is O=C(NCC1CC1)C1CN(CC2CC2)CC12CCOCC2.O=C(O)C(F)(F)F. The van der Waals surface area contributed by atoms with Crippen LogP contribution < -0.4 is 5.32 Å². The van der Waals surface area contributed by atoms with Crippen LogP contribution in [0.3, 0.4) is 0 Å². The highest BCUT2D eigenvalue weighted by Gasteiger charge is 2.51. The summed E-state index contributed by atoms with van der Waals surface area (Å²) in [7, 11) is 0. The first-order valence-corrected chi connectivity index (χ1v) is 10.1. The van der Waals surface area contributed by atoms with Gasteiger partial charge in [0.15, 0.2) is 0 Å². The highest BCUT2D eigenvalue weighted by molar-refractivity contribution is 5.80. The van der Waals surface area contributed by atoms with Gasteiger partial charge in [-0.05, 0) is 50.4 Å². The van der Waals surface area contributed by atoms with Gasteiger partial charge in [-0.15, -0.1) is 0 Å². The minimum absolute atomic E-state index is 0.193. The molecule has 9 heteroatoms. The van der Waals surface area contributed by atoms with Crippen molar-refractivity contribution >= 4 is 11.9 Å². The van der Waals surface area contributed by atoms with Crippen LogP contribution in [0, 0.1) is 23.2 Å². The number of hydrogen-bond acceptors (Lipinski definition) is 4. The maximum Gasteiger partial charge on any atom is 0.490 e. The fourth-order valence-corrected chi connectivity index (χ4v) is 4.21. The third-order valence-corrected chi connectivity index (χ3v) is 6.24. The van der Waals surface area contributed by atoms with Crippen LogP contribution in [0.4, 0.5) is 13.2 Å². The van der Waals surface area contributed by atoms with Gasteiger partial charge in [0.2, 0.25) is 5.91 Å². The minimum Gasteiger partial charge on any atom is -0.475 e. The lowest BCUT2D eigenvalue weighted by molar-refractivity contribution is -0.192. The smallest absolute Gasteiger partial charge is 0.475 e. The average molecular weight is 406 g/mol. The van der Waals surface area contributed by atoms with Crippen molar-refractivity contribution in [1.82, 2.24) is 10.2 Å². The first-order valence-electron chi connectivity index (χ1n) is 10.1. The molecule has 4 aliphatic rings. The van der Waals surface area contributed by atoms with E-state index in [1.807, 2.05) is 0 Å². The van der Waals surface area contributed by atoms with Crippen LogP contribution in [0.5, 0.6) is 0 Å². The van der Waals surface area contributed by atoms with Crippen molar-refractivity contribution in [2.45, 2.75) is 44.7 Å². The molecule has 2 saturated heterocycles. The largest absolute Gasteiger partial charge is 0.490 e. The van der Waals surface area contributed by atoms with Crippen LogP contribution >= 0.6 is 0 Å². The summed E-state index contributed by atoms with van der Waals surface area (Å²) in [5, 5.41) is 10.4. The zero-order valence-corrected chi connectivity index (χ0v) is 16.0. The Morgan fingerprint density at radius 1 is 1.11 bits per heavy atom. The lowest BCUT2D eigenvalue weighted by Crippen LogP contribution is -2.44. The molecule has 0 aromatic carbocycles. The molecule has 2 heterocycles. The van der Waals surface area contributed by atoms with Gasteiger partial charge in [0.1, 0.15) is 0 Å². The van der Waals surface area contributed by atoms with Gasteiger partial charge in [0.05, 0.1) is 5.92 Å². The van der Waals surface area contributed by atoms with Gasteiger partial charge in [-0.1, -0.05) is 0 Å². The Morgan fingerprint density at radius 2 is 1.68 bits per heavy atom. The Morgan fingerprint density at radius 3 is 2.18 bits per heavy atom. The molecule has 2 aliphatic carbocycles. The lowest BCUT2D eigenvalue weighted by atomic mass is 9.71. The molecule has 1 atom stereocenters. The van der Waals surface area contributed by atoms with Crippen LogP contribution in [-0.2, 0) is 14.3 Å². The molecule has 160 valence electrons. The molecule has 0 radical (unpaired) electrons. The van der Waals surface area contributed by atoms with Crippen LogP contribution in [-0.4, -0.2) is 67.5 Å². The first kappa shape index (κ1) is 21.4. The van der Waals surface area contributed by atoms with Crippen LogP contribution in [0.25, 0.3) is 0 Å². The number of likely N-dealkylation sites (tertiary alicyclic amines) is 1. The number of carboxylic acids is 1. The standard InChI is InChI=1S/C17H28N2O2.C2HF3O2/c20-16(18-9-13-1-2-13)15-11-19(10-14-3-4-14)12-17(15)5-7-21-8-6-17;3-2(4,5)1(6)7/h13-15H,1-12H2,(H,18,20);(H,6,7). The van der Waals surface area contributed by atoms with Gasteiger partial charge in [-0.25, -0.2) is 4.79 Å². The average Bonchev–Trinajstić information content (AvgIpc) is 3.54. The van der Waals surface area contributed by atoms with Gasteiger partial charge in [0, 0.05) is 44.8 Å².